The van der Waals surface area contributed by atoms with E-state index < -0.39 is 5.97 Å². The highest BCUT2D eigenvalue weighted by molar-refractivity contribution is 5.70. The summed E-state index contributed by atoms with van der Waals surface area (Å²) >= 11 is 0. The highest BCUT2D eigenvalue weighted by Crippen LogP contribution is 1.98. The lowest BCUT2D eigenvalue weighted by Gasteiger charge is -1.92. The summed E-state index contributed by atoms with van der Waals surface area (Å²) in [6, 6.07) is 9.13. The second-order valence-corrected chi connectivity index (χ2v) is 2.53. The Morgan fingerprint density at radius 2 is 1.86 bits per heavy atom. The Labute approximate surface area is 83.3 Å². The zero-order valence-corrected chi connectivity index (χ0v) is 7.89. The minimum absolute atomic E-state index is 0.0833. The standard InChI is InChI=1S/C8H8O2.C3H6O/c9-8(10)6-7-4-2-1-3-5-7;1-2-3-4/h1-5H,6H2,(H,9,10);2,4H,1,3H2. The van der Waals surface area contributed by atoms with Gasteiger partial charge < -0.3 is 10.2 Å². The van der Waals surface area contributed by atoms with Crippen LogP contribution in [-0.2, 0) is 11.2 Å². The molecule has 1 aromatic carbocycles. The van der Waals surface area contributed by atoms with Crippen LogP contribution in [0.2, 0.25) is 0 Å². The van der Waals surface area contributed by atoms with E-state index in [1.807, 2.05) is 18.2 Å². The molecule has 0 atom stereocenters. The maximum atomic E-state index is 10.2. The molecule has 0 radical (unpaired) electrons. The smallest absolute Gasteiger partial charge is 0.307 e. The summed E-state index contributed by atoms with van der Waals surface area (Å²) in [6.45, 7) is 3.31. The Morgan fingerprint density at radius 1 is 1.36 bits per heavy atom. The zero-order valence-electron chi connectivity index (χ0n) is 7.89. The maximum absolute atomic E-state index is 10.2. The molecule has 0 aliphatic rings. The van der Waals surface area contributed by atoms with Gasteiger partial charge in [0.05, 0.1) is 13.0 Å². The van der Waals surface area contributed by atoms with E-state index in [0.717, 1.165) is 5.56 Å². The van der Waals surface area contributed by atoms with Crippen molar-refractivity contribution in [3.8, 4) is 0 Å². The molecule has 0 saturated carbocycles. The van der Waals surface area contributed by atoms with Crippen LogP contribution in [0.4, 0.5) is 0 Å². The molecule has 0 bridgehead atoms. The van der Waals surface area contributed by atoms with Gasteiger partial charge in [0.15, 0.2) is 0 Å². The van der Waals surface area contributed by atoms with E-state index in [9.17, 15) is 4.79 Å². The van der Waals surface area contributed by atoms with Gasteiger partial charge in [-0.3, -0.25) is 4.79 Å². The van der Waals surface area contributed by atoms with Gasteiger partial charge in [0.2, 0.25) is 0 Å². The third-order valence-corrected chi connectivity index (χ3v) is 1.33. The average Bonchev–Trinajstić information content (AvgIpc) is 2.19. The van der Waals surface area contributed by atoms with Crippen molar-refractivity contribution in [1.82, 2.24) is 0 Å². The van der Waals surface area contributed by atoms with Crippen molar-refractivity contribution in [2.24, 2.45) is 0 Å². The van der Waals surface area contributed by atoms with E-state index in [2.05, 4.69) is 6.58 Å². The van der Waals surface area contributed by atoms with Gasteiger partial charge in [-0.15, -0.1) is 6.58 Å². The molecule has 0 spiro atoms. The molecule has 0 heterocycles. The Balaban J connectivity index is 0.000000364. The molecule has 3 nitrogen and oxygen atoms in total. The van der Waals surface area contributed by atoms with Crippen molar-refractivity contribution in [1.29, 1.82) is 0 Å². The minimum atomic E-state index is -0.786. The van der Waals surface area contributed by atoms with Crippen LogP contribution < -0.4 is 0 Å². The fourth-order valence-electron chi connectivity index (χ4n) is 0.770. The van der Waals surface area contributed by atoms with Gasteiger partial charge in [-0.05, 0) is 5.56 Å². The van der Waals surface area contributed by atoms with Gasteiger partial charge in [0.25, 0.3) is 0 Å². The number of aliphatic hydroxyl groups excluding tert-OH is 1. The summed E-state index contributed by atoms with van der Waals surface area (Å²) < 4.78 is 0. The molecule has 76 valence electrons. The number of carboxylic acids is 1. The summed E-state index contributed by atoms with van der Waals surface area (Å²) in [6.07, 6.45) is 1.54. The van der Waals surface area contributed by atoms with Crippen molar-refractivity contribution in [2.75, 3.05) is 6.61 Å². The monoisotopic (exact) mass is 194 g/mol. The zero-order chi connectivity index (χ0) is 10.8. The largest absolute Gasteiger partial charge is 0.481 e. The van der Waals surface area contributed by atoms with Gasteiger partial charge in [0, 0.05) is 0 Å². The molecule has 14 heavy (non-hydrogen) atoms. The highest BCUT2D eigenvalue weighted by Gasteiger charge is 1.96. The number of aliphatic hydroxyl groups is 1. The fourth-order valence-corrected chi connectivity index (χ4v) is 0.770. The van der Waals surface area contributed by atoms with Crippen LogP contribution >= 0.6 is 0 Å². The predicted octanol–water partition coefficient (Wildman–Crippen LogP) is 1.48. The number of aliphatic carboxylic acids is 1. The topological polar surface area (TPSA) is 57.5 Å². The first kappa shape index (κ1) is 12.4. The maximum Gasteiger partial charge on any atom is 0.307 e. The molecular weight excluding hydrogens is 180 g/mol. The van der Waals surface area contributed by atoms with Crippen LogP contribution in [0.25, 0.3) is 0 Å². The highest BCUT2D eigenvalue weighted by atomic mass is 16.4. The van der Waals surface area contributed by atoms with Crippen molar-refractivity contribution < 1.29 is 15.0 Å². The molecule has 0 fully saturated rings. The first-order valence-electron chi connectivity index (χ1n) is 4.18. The lowest BCUT2D eigenvalue weighted by molar-refractivity contribution is -0.136. The normalized spacial score (nSPS) is 8.36. The molecule has 0 amide bonds. The second-order valence-electron chi connectivity index (χ2n) is 2.53. The number of hydrogen-bond donors (Lipinski definition) is 2. The van der Waals surface area contributed by atoms with Gasteiger partial charge in [-0.25, -0.2) is 0 Å². The van der Waals surface area contributed by atoms with Gasteiger partial charge >= 0.3 is 5.97 Å². The van der Waals surface area contributed by atoms with E-state index >= 15 is 0 Å². The molecule has 0 unspecified atom stereocenters. The van der Waals surface area contributed by atoms with E-state index in [-0.39, 0.29) is 13.0 Å². The number of carboxylic acid groups (broad SMARTS) is 1. The molecule has 0 aliphatic heterocycles. The minimum Gasteiger partial charge on any atom is -0.481 e. The summed E-state index contributed by atoms with van der Waals surface area (Å²) in [5.74, 6) is -0.786. The van der Waals surface area contributed by atoms with Crippen LogP contribution in [-0.4, -0.2) is 22.8 Å². The molecule has 0 aliphatic carbocycles. The first-order chi connectivity index (χ1) is 6.70. The lowest BCUT2D eigenvalue weighted by atomic mass is 10.2. The third kappa shape index (κ3) is 7.06. The fraction of sp³-hybridized carbons (Fsp3) is 0.182. The van der Waals surface area contributed by atoms with Crippen molar-refractivity contribution in [2.45, 2.75) is 6.42 Å². The molecular formula is C11H14O3. The quantitative estimate of drug-likeness (QED) is 0.716. The summed E-state index contributed by atoms with van der Waals surface area (Å²) in [5, 5.41) is 16.1. The summed E-state index contributed by atoms with van der Waals surface area (Å²) in [7, 11) is 0. The lowest BCUT2D eigenvalue weighted by Crippen LogP contribution is -1.98. The van der Waals surface area contributed by atoms with Crippen LogP contribution in [0.15, 0.2) is 43.0 Å². The van der Waals surface area contributed by atoms with Crippen molar-refractivity contribution in [3.05, 3.63) is 48.6 Å². The number of carbonyl (C=O) groups is 1. The molecule has 3 heteroatoms. The Morgan fingerprint density at radius 3 is 2.21 bits per heavy atom. The third-order valence-electron chi connectivity index (χ3n) is 1.33. The van der Waals surface area contributed by atoms with Crippen LogP contribution in [0, 0.1) is 0 Å². The summed E-state index contributed by atoms with van der Waals surface area (Å²) in [5.41, 5.74) is 0.843. The van der Waals surface area contributed by atoms with Crippen LogP contribution in [0.3, 0.4) is 0 Å². The van der Waals surface area contributed by atoms with E-state index in [4.69, 9.17) is 10.2 Å². The van der Waals surface area contributed by atoms with Crippen molar-refractivity contribution >= 4 is 5.97 Å². The van der Waals surface area contributed by atoms with Crippen LogP contribution in [0.1, 0.15) is 5.56 Å². The first-order valence-corrected chi connectivity index (χ1v) is 4.18. The molecule has 0 saturated heterocycles. The second kappa shape index (κ2) is 8.01. The Kier molecular flexibility index (Phi) is 7.09. The van der Waals surface area contributed by atoms with E-state index in [0.29, 0.717) is 0 Å². The number of rotatable bonds is 3. The Bertz CT molecular complexity index is 267. The van der Waals surface area contributed by atoms with E-state index in [1.165, 1.54) is 6.08 Å². The molecule has 1 rings (SSSR count). The van der Waals surface area contributed by atoms with E-state index in [1.54, 1.807) is 12.1 Å². The van der Waals surface area contributed by atoms with Gasteiger partial charge in [-0.1, -0.05) is 36.4 Å². The van der Waals surface area contributed by atoms with Crippen LogP contribution in [0.5, 0.6) is 0 Å². The summed E-state index contributed by atoms with van der Waals surface area (Å²) in [4.78, 5) is 10.2. The van der Waals surface area contributed by atoms with Gasteiger partial charge in [-0.2, -0.15) is 0 Å². The average molecular weight is 194 g/mol. The molecule has 0 aromatic heterocycles. The molecule has 2 N–H and O–H groups in total. The van der Waals surface area contributed by atoms with Gasteiger partial charge in [0.1, 0.15) is 0 Å². The number of hydrogen-bond acceptors (Lipinski definition) is 2. The predicted molar refractivity (Wildman–Crippen MR) is 55.1 cm³/mol. The molecule has 1 aromatic rings. The number of benzene rings is 1. The van der Waals surface area contributed by atoms with Crippen molar-refractivity contribution in [3.63, 3.8) is 0 Å². The Hall–Kier alpha value is -1.61. The SMILES string of the molecule is C=CCO.O=C(O)Cc1ccccc1.